The number of benzene rings is 2. The summed E-state index contributed by atoms with van der Waals surface area (Å²) < 4.78 is 12.0. The van der Waals surface area contributed by atoms with Crippen molar-refractivity contribution in [3.8, 4) is 22.8 Å². The molecule has 1 aromatic heterocycles. The zero-order valence-electron chi connectivity index (χ0n) is 15.4. The lowest BCUT2D eigenvalue weighted by Crippen LogP contribution is -2.28. The van der Waals surface area contributed by atoms with E-state index < -0.39 is 0 Å². The molecule has 7 heteroatoms. The molecule has 0 aliphatic carbocycles. The maximum absolute atomic E-state index is 12.4. The van der Waals surface area contributed by atoms with Gasteiger partial charge in [-0.1, -0.05) is 48.2 Å². The number of hydrogen-bond donors (Lipinski definition) is 1. The topological polar surface area (TPSA) is 60.5 Å². The van der Waals surface area contributed by atoms with Crippen molar-refractivity contribution in [2.75, 3.05) is 19.0 Å². The average molecular weight is 413 g/mol. The maximum Gasteiger partial charge on any atom is 0.230 e. The van der Waals surface area contributed by atoms with Crippen molar-refractivity contribution >= 4 is 29.0 Å². The van der Waals surface area contributed by atoms with Gasteiger partial charge in [0.25, 0.3) is 0 Å². The molecule has 0 saturated heterocycles. The van der Waals surface area contributed by atoms with Crippen molar-refractivity contribution < 1.29 is 14.3 Å². The third-order valence-corrected chi connectivity index (χ3v) is 6.34. The van der Waals surface area contributed by atoms with E-state index in [1.165, 1.54) is 11.8 Å². The van der Waals surface area contributed by atoms with E-state index in [9.17, 15) is 4.79 Å². The second-order valence-corrected chi connectivity index (χ2v) is 8.43. The summed E-state index contributed by atoms with van der Waals surface area (Å²) in [5.41, 5.74) is 3.02. The van der Waals surface area contributed by atoms with Crippen LogP contribution >= 0.6 is 23.1 Å². The molecule has 1 N–H and O–H groups in total. The normalized spacial score (nSPS) is 13.8. The molecule has 1 atom stereocenters. The highest BCUT2D eigenvalue weighted by molar-refractivity contribution is 8.01. The quantitative estimate of drug-likeness (QED) is 0.602. The van der Waals surface area contributed by atoms with Crippen molar-refractivity contribution in [1.82, 2.24) is 10.3 Å². The second-order valence-electron chi connectivity index (χ2n) is 6.35. The number of carbonyl (C=O) groups is 1. The Kier molecular flexibility index (Phi) is 5.83. The van der Waals surface area contributed by atoms with E-state index in [1.54, 1.807) is 11.3 Å². The van der Waals surface area contributed by atoms with Gasteiger partial charge in [-0.05, 0) is 24.6 Å². The van der Waals surface area contributed by atoms with Crippen LogP contribution in [0.25, 0.3) is 11.3 Å². The van der Waals surface area contributed by atoms with E-state index in [0.29, 0.717) is 19.0 Å². The number of amides is 1. The minimum absolute atomic E-state index is 0.0242. The monoisotopic (exact) mass is 412 g/mol. The summed E-state index contributed by atoms with van der Waals surface area (Å²) >= 11 is 3.01. The summed E-state index contributed by atoms with van der Waals surface area (Å²) in [5, 5.41) is 5.05. The Balaban J connectivity index is 1.31. The van der Waals surface area contributed by atoms with Gasteiger partial charge in [0.1, 0.15) is 13.2 Å². The molecular weight excluding hydrogens is 392 g/mol. The number of thiazole rings is 1. The number of carbonyl (C=O) groups excluding carboxylic acids is 1. The molecule has 144 valence electrons. The van der Waals surface area contributed by atoms with E-state index in [-0.39, 0.29) is 11.9 Å². The zero-order valence-corrected chi connectivity index (χ0v) is 17.0. The van der Waals surface area contributed by atoms with Gasteiger partial charge in [0.15, 0.2) is 15.8 Å². The third kappa shape index (κ3) is 4.48. The molecule has 0 radical (unpaired) electrons. The molecule has 28 heavy (non-hydrogen) atoms. The van der Waals surface area contributed by atoms with Crippen molar-refractivity contribution in [1.29, 1.82) is 0 Å². The first-order valence-electron chi connectivity index (χ1n) is 9.02. The van der Waals surface area contributed by atoms with Crippen LogP contribution in [0.3, 0.4) is 0 Å². The molecule has 0 saturated carbocycles. The van der Waals surface area contributed by atoms with E-state index in [2.05, 4.69) is 10.3 Å². The minimum Gasteiger partial charge on any atom is -0.486 e. The summed E-state index contributed by atoms with van der Waals surface area (Å²) in [7, 11) is 0. The number of nitrogens with one attached hydrogen (secondary N) is 1. The van der Waals surface area contributed by atoms with Crippen LogP contribution in [-0.4, -0.2) is 29.9 Å². The fourth-order valence-corrected chi connectivity index (χ4v) is 4.53. The largest absolute Gasteiger partial charge is 0.486 e. The average Bonchev–Trinajstić information content (AvgIpc) is 3.22. The number of ether oxygens (including phenoxy) is 2. The van der Waals surface area contributed by atoms with Crippen molar-refractivity contribution in [3.05, 3.63) is 59.5 Å². The molecule has 4 rings (SSSR count). The fourth-order valence-electron chi connectivity index (χ4n) is 2.89. The predicted octanol–water partition coefficient (Wildman–Crippen LogP) is 4.55. The van der Waals surface area contributed by atoms with E-state index >= 15 is 0 Å². The third-order valence-electron chi connectivity index (χ3n) is 4.32. The van der Waals surface area contributed by atoms with Crippen LogP contribution in [-0.2, 0) is 4.79 Å². The molecular formula is C21H20N2O3S2. The Bertz CT molecular complexity index is 959. The van der Waals surface area contributed by atoms with Gasteiger partial charge in [-0.2, -0.15) is 0 Å². The van der Waals surface area contributed by atoms with Crippen LogP contribution in [0.1, 0.15) is 18.5 Å². The van der Waals surface area contributed by atoms with E-state index in [0.717, 1.165) is 32.7 Å². The maximum atomic E-state index is 12.4. The number of nitrogens with zero attached hydrogens (tertiary/aromatic N) is 1. The minimum atomic E-state index is -0.111. The lowest BCUT2D eigenvalue weighted by atomic mass is 10.1. The van der Waals surface area contributed by atoms with Crippen molar-refractivity contribution in [3.63, 3.8) is 0 Å². The van der Waals surface area contributed by atoms with E-state index in [4.69, 9.17) is 9.47 Å². The molecule has 1 aliphatic rings. The Morgan fingerprint density at radius 2 is 1.96 bits per heavy atom. The lowest BCUT2D eigenvalue weighted by molar-refractivity contribution is -0.119. The SMILES string of the molecule is CC(NC(=O)CSc1nc(-c2ccccc2)cs1)c1ccc2c(c1)OCCO2. The first-order chi connectivity index (χ1) is 13.7. The molecule has 1 unspecified atom stereocenters. The molecule has 1 amide bonds. The number of thioether (sulfide) groups is 1. The molecule has 0 bridgehead atoms. The van der Waals surface area contributed by atoms with Crippen molar-refractivity contribution in [2.45, 2.75) is 17.3 Å². The Morgan fingerprint density at radius 1 is 1.18 bits per heavy atom. The van der Waals surface area contributed by atoms with Crippen LogP contribution in [0, 0.1) is 0 Å². The van der Waals surface area contributed by atoms with Crippen LogP contribution in [0.2, 0.25) is 0 Å². The smallest absolute Gasteiger partial charge is 0.230 e. The van der Waals surface area contributed by atoms with Gasteiger partial charge in [0.2, 0.25) is 5.91 Å². The Morgan fingerprint density at radius 3 is 2.79 bits per heavy atom. The molecule has 5 nitrogen and oxygen atoms in total. The summed E-state index contributed by atoms with van der Waals surface area (Å²) in [5.74, 6) is 1.79. The second kappa shape index (κ2) is 8.67. The zero-order chi connectivity index (χ0) is 19.3. The van der Waals surface area contributed by atoms with Gasteiger partial charge in [0.05, 0.1) is 17.5 Å². The molecule has 1 aliphatic heterocycles. The van der Waals surface area contributed by atoms with Crippen LogP contribution < -0.4 is 14.8 Å². The lowest BCUT2D eigenvalue weighted by Gasteiger charge is -2.21. The van der Waals surface area contributed by atoms with E-state index in [1.807, 2.05) is 60.8 Å². The summed E-state index contributed by atoms with van der Waals surface area (Å²) in [6, 6.07) is 15.7. The van der Waals surface area contributed by atoms with Gasteiger partial charge in [-0.15, -0.1) is 11.3 Å². The van der Waals surface area contributed by atoms with Gasteiger partial charge < -0.3 is 14.8 Å². The Labute approximate surface area is 172 Å². The number of hydrogen-bond acceptors (Lipinski definition) is 6. The summed E-state index contributed by atoms with van der Waals surface area (Å²) in [6.45, 7) is 3.08. The number of fused-ring (bicyclic) bond motifs is 1. The van der Waals surface area contributed by atoms with Gasteiger partial charge >= 0.3 is 0 Å². The highest BCUT2D eigenvalue weighted by atomic mass is 32.2. The fraction of sp³-hybridized carbons (Fsp3) is 0.238. The standard InChI is InChI=1S/C21H20N2O3S2/c1-14(16-7-8-18-19(11-16)26-10-9-25-18)22-20(24)13-28-21-23-17(12-27-21)15-5-3-2-4-6-15/h2-8,11-12,14H,9-10,13H2,1H3,(H,22,24). The van der Waals surface area contributed by atoms with Crippen LogP contribution in [0.5, 0.6) is 11.5 Å². The molecule has 0 fully saturated rings. The Hall–Kier alpha value is -2.51. The number of aromatic nitrogens is 1. The van der Waals surface area contributed by atoms with Gasteiger partial charge in [-0.25, -0.2) is 4.98 Å². The summed E-state index contributed by atoms with van der Waals surface area (Å²) in [6.07, 6.45) is 0. The van der Waals surface area contributed by atoms with Crippen LogP contribution in [0.4, 0.5) is 0 Å². The number of rotatable bonds is 6. The summed E-state index contributed by atoms with van der Waals surface area (Å²) in [4.78, 5) is 17.0. The highest BCUT2D eigenvalue weighted by Gasteiger charge is 2.16. The highest BCUT2D eigenvalue weighted by Crippen LogP contribution is 2.33. The van der Waals surface area contributed by atoms with Gasteiger partial charge in [0, 0.05) is 10.9 Å². The molecule has 2 aromatic carbocycles. The van der Waals surface area contributed by atoms with Crippen molar-refractivity contribution in [2.24, 2.45) is 0 Å². The van der Waals surface area contributed by atoms with Gasteiger partial charge in [-0.3, -0.25) is 4.79 Å². The first-order valence-corrected chi connectivity index (χ1v) is 10.9. The predicted molar refractivity (Wildman–Crippen MR) is 112 cm³/mol. The molecule has 3 aromatic rings. The molecule has 0 spiro atoms. The first kappa shape index (κ1) is 18.8. The molecule has 2 heterocycles. The van der Waals surface area contributed by atoms with Crippen LogP contribution in [0.15, 0.2) is 58.3 Å².